The minimum absolute atomic E-state index is 0.0344. The maximum atomic E-state index is 13.2. The molecule has 2 heterocycles. The lowest BCUT2D eigenvalue weighted by Crippen LogP contribution is -2.31. The molecule has 15 heteroatoms. The second kappa shape index (κ2) is 11.7. The molecule has 0 radical (unpaired) electrons. The summed E-state index contributed by atoms with van der Waals surface area (Å²) in [6, 6.07) is 8.60. The van der Waals surface area contributed by atoms with Crippen LogP contribution in [0.2, 0.25) is 0 Å². The third-order valence-electron chi connectivity index (χ3n) is 5.70. The van der Waals surface area contributed by atoms with Crippen molar-refractivity contribution < 1.29 is 40.7 Å². The molecule has 41 heavy (non-hydrogen) atoms. The van der Waals surface area contributed by atoms with E-state index in [-0.39, 0.29) is 44.9 Å². The highest BCUT2D eigenvalue weighted by Gasteiger charge is 2.37. The number of thiophene rings is 1. The second-order valence-corrected chi connectivity index (χ2v) is 11.2. The quantitative estimate of drug-likeness (QED) is 0.171. The molecule has 6 nitrogen and oxygen atoms in total. The van der Waals surface area contributed by atoms with E-state index in [1.807, 2.05) is 0 Å². The number of nitrogens with zero attached hydrogens (tertiary/aromatic N) is 1. The van der Waals surface area contributed by atoms with Crippen LogP contribution in [0.4, 0.5) is 32.0 Å². The van der Waals surface area contributed by atoms with Gasteiger partial charge in [-0.3, -0.25) is 19.3 Å². The Bertz CT molecular complexity index is 1530. The van der Waals surface area contributed by atoms with Gasteiger partial charge in [-0.15, -0.1) is 11.3 Å². The first-order valence-electron chi connectivity index (χ1n) is 11.5. The van der Waals surface area contributed by atoms with Crippen LogP contribution in [0.5, 0.6) is 0 Å². The molecule has 1 fully saturated rings. The Balaban J connectivity index is 1.45. The van der Waals surface area contributed by atoms with Gasteiger partial charge in [-0.25, -0.2) is 0 Å². The van der Waals surface area contributed by atoms with Crippen LogP contribution >= 0.6 is 35.3 Å². The van der Waals surface area contributed by atoms with E-state index < -0.39 is 41.2 Å². The number of nitrogens with two attached hydrogens (primary N) is 1. The summed E-state index contributed by atoms with van der Waals surface area (Å²) in [6.45, 7) is -0.0344. The molecule has 4 rings (SSSR count). The minimum Gasteiger partial charge on any atom is -0.366 e. The van der Waals surface area contributed by atoms with Crippen LogP contribution in [0, 0.1) is 0 Å². The molecule has 0 aliphatic carbocycles. The summed E-state index contributed by atoms with van der Waals surface area (Å²) in [5, 5.41) is 4.02. The highest BCUT2D eigenvalue weighted by molar-refractivity contribution is 8.26. The summed E-state index contributed by atoms with van der Waals surface area (Å²) < 4.78 is 79.6. The molecule has 2 aromatic carbocycles. The average molecular weight is 630 g/mol. The summed E-state index contributed by atoms with van der Waals surface area (Å²) in [4.78, 5) is 38.2. The smallest absolute Gasteiger partial charge is 0.366 e. The number of hydrogen-bond acceptors (Lipinski definition) is 6. The number of amides is 3. The topological polar surface area (TPSA) is 92.5 Å². The Kier molecular flexibility index (Phi) is 8.61. The first-order chi connectivity index (χ1) is 19.1. The van der Waals surface area contributed by atoms with E-state index in [0.717, 1.165) is 23.1 Å². The number of carbonyl (C=O) groups excluding carboxylic acids is 3. The molecule has 3 amide bonds. The Morgan fingerprint density at radius 2 is 1.56 bits per heavy atom. The first-order valence-corrected chi connectivity index (χ1v) is 13.6. The zero-order chi connectivity index (χ0) is 30.1. The highest BCUT2D eigenvalue weighted by Crippen LogP contribution is 2.40. The molecule has 0 saturated carbocycles. The molecule has 1 saturated heterocycles. The van der Waals surface area contributed by atoms with Gasteiger partial charge in [0.2, 0.25) is 11.8 Å². The zero-order valence-corrected chi connectivity index (χ0v) is 22.9. The van der Waals surface area contributed by atoms with Crippen molar-refractivity contribution in [3.8, 4) is 11.1 Å². The average Bonchev–Trinajstić information content (AvgIpc) is 3.46. The van der Waals surface area contributed by atoms with Crippen LogP contribution in [0.3, 0.4) is 0 Å². The maximum Gasteiger partial charge on any atom is 0.416 e. The number of rotatable bonds is 7. The third kappa shape index (κ3) is 7.34. The fourth-order valence-electron chi connectivity index (χ4n) is 3.68. The third-order valence-corrected chi connectivity index (χ3v) is 7.96. The van der Waals surface area contributed by atoms with Crippen LogP contribution in [0.25, 0.3) is 17.2 Å². The maximum absolute atomic E-state index is 13.2. The minimum atomic E-state index is -4.98. The van der Waals surface area contributed by atoms with E-state index in [1.54, 1.807) is 0 Å². The molecule has 3 aromatic rings. The summed E-state index contributed by atoms with van der Waals surface area (Å²) in [5.41, 5.74) is 2.86. The van der Waals surface area contributed by atoms with Crippen molar-refractivity contribution in [3.05, 3.63) is 80.4 Å². The van der Waals surface area contributed by atoms with Crippen molar-refractivity contribution in [2.75, 3.05) is 11.9 Å². The van der Waals surface area contributed by atoms with Crippen molar-refractivity contribution >= 4 is 69.1 Å². The molecule has 1 aliphatic rings. The molecule has 0 bridgehead atoms. The van der Waals surface area contributed by atoms with Crippen molar-refractivity contribution in [3.63, 3.8) is 0 Å². The number of hydrogen-bond donors (Lipinski definition) is 2. The first kappa shape index (κ1) is 30.3. The zero-order valence-electron chi connectivity index (χ0n) is 20.4. The lowest BCUT2D eigenvalue weighted by atomic mass is 10.0. The van der Waals surface area contributed by atoms with Gasteiger partial charge in [0.1, 0.15) is 4.32 Å². The number of alkyl halides is 6. The molecule has 214 valence electrons. The molecule has 3 N–H and O–H groups in total. The van der Waals surface area contributed by atoms with Gasteiger partial charge >= 0.3 is 12.4 Å². The van der Waals surface area contributed by atoms with E-state index in [9.17, 15) is 40.7 Å². The molecule has 1 aliphatic heterocycles. The number of benzene rings is 2. The lowest BCUT2D eigenvalue weighted by molar-refractivity contribution is -0.143. The largest absolute Gasteiger partial charge is 0.416 e. The number of thiocarbonyl (C=S) groups is 1. The van der Waals surface area contributed by atoms with Gasteiger partial charge in [0.25, 0.3) is 5.91 Å². The van der Waals surface area contributed by atoms with E-state index >= 15 is 0 Å². The summed E-state index contributed by atoms with van der Waals surface area (Å²) in [7, 11) is 0. The number of carbonyl (C=O) groups is 3. The van der Waals surface area contributed by atoms with Crippen LogP contribution in [-0.2, 0) is 21.9 Å². The van der Waals surface area contributed by atoms with Crippen molar-refractivity contribution in [1.82, 2.24) is 4.90 Å². The van der Waals surface area contributed by atoms with Gasteiger partial charge in [-0.05, 0) is 71.1 Å². The number of nitrogens with one attached hydrogen (secondary N) is 1. The predicted octanol–water partition coefficient (Wildman–Crippen LogP) is 6.78. The van der Waals surface area contributed by atoms with Crippen molar-refractivity contribution in [2.45, 2.75) is 18.8 Å². The lowest BCUT2D eigenvalue weighted by Gasteiger charge is -2.14. The molecule has 0 spiro atoms. The van der Waals surface area contributed by atoms with Crippen LogP contribution < -0.4 is 11.1 Å². The number of halogens is 6. The van der Waals surface area contributed by atoms with Gasteiger partial charge in [0.15, 0.2) is 0 Å². The van der Waals surface area contributed by atoms with Gasteiger partial charge < -0.3 is 11.1 Å². The Morgan fingerprint density at radius 1 is 0.951 bits per heavy atom. The summed E-state index contributed by atoms with van der Waals surface area (Å²) in [5.74, 6) is -1.53. The van der Waals surface area contributed by atoms with Crippen LogP contribution in [-0.4, -0.2) is 33.5 Å². The SMILES string of the molecule is NC(=O)c1ccc(NC(=O)CCN2C(=O)/C(=C/c3cc(-c4cc(C(F)(F)F)cc(C(F)(F)F)c4)cs3)SC2=S)cc1. The normalized spacial score (nSPS) is 15.1. The Morgan fingerprint density at radius 3 is 2.12 bits per heavy atom. The Hall–Kier alpha value is -3.69. The number of primary amides is 1. The molecule has 0 unspecified atom stereocenters. The van der Waals surface area contributed by atoms with Crippen LogP contribution in [0.15, 0.2) is 58.8 Å². The van der Waals surface area contributed by atoms with Gasteiger partial charge in [-0.1, -0.05) is 24.0 Å². The standard InChI is InChI=1S/C26H17F6N3O3S3/c27-25(28,29)16-7-14(8-17(10-16)26(30,31)32)15-9-19(40-12-15)11-20-23(38)35(24(39)41-20)6-5-21(36)34-18-3-1-13(2-4-18)22(33)37/h1-4,7-12H,5-6H2,(H2,33,37)(H,34,36)/b20-11-. The van der Waals surface area contributed by atoms with Gasteiger partial charge in [-0.2, -0.15) is 26.3 Å². The second-order valence-electron chi connectivity index (χ2n) is 8.61. The fraction of sp³-hybridized carbons (Fsp3) is 0.154. The van der Waals surface area contributed by atoms with E-state index in [2.05, 4.69) is 5.32 Å². The molecular formula is C26H17F6N3O3S3. The summed E-state index contributed by atoms with van der Waals surface area (Å²) in [6.07, 6.45) is -8.62. The predicted molar refractivity (Wildman–Crippen MR) is 148 cm³/mol. The van der Waals surface area contributed by atoms with Gasteiger partial charge in [0, 0.05) is 29.1 Å². The number of thioether (sulfide) groups is 1. The molecule has 1 aromatic heterocycles. The fourth-order valence-corrected chi connectivity index (χ4v) is 5.90. The van der Waals surface area contributed by atoms with Gasteiger partial charge in [0.05, 0.1) is 16.0 Å². The van der Waals surface area contributed by atoms with E-state index in [4.69, 9.17) is 18.0 Å². The van der Waals surface area contributed by atoms with Crippen molar-refractivity contribution in [2.24, 2.45) is 5.73 Å². The monoisotopic (exact) mass is 629 g/mol. The highest BCUT2D eigenvalue weighted by atomic mass is 32.2. The molecular weight excluding hydrogens is 612 g/mol. The van der Waals surface area contributed by atoms with E-state index in [1.165, 1.54) is 46.7 Å². The summed E-state index contributed by atoms with van der Waals surface area (Å²) >= 11 is 7.23. The van der Waals surface area contributed by atoms with E-state index in [0.29, 0.717) is 22.7 Å². The van der Waals surface area contributed by atoms with Crippen LogP contribution in [0.1, 0.15) is 32.8 Å². The number of anilines is 1. The Labute approximate surface area is 242 Å². The molecule has 0 atom stereocenters. The van der Waals surface area contributed by atoms with Crippen molar-refractivity contribution in [1.29, 1.82) is 0 Å².